The lowest BCUT2D eigenvalue weighted by molar-refractivity contribution is 0.165. The van der Waals surface area contributed by atoms with Crippen molar-refractivity contribution in [3.63, 3.8) is 0 Å². The number of nitrogens with zero attached hydrogens (tertiary/aromatic N) is 1. The molecular formula is C21H28N2O. The molecule has 2 aromatic carbocycles. The van der Waals surface area contributed by atoms with Gasteiger partial charge in [-0.05, 0) is 49.1 Å². The number of ether oxygens (including phenoxy) is 1. The summed E-state index contributed by atoms with van der Waals surface area (Å²) in [5, 5.41) is 0. The molecule has 1 saturated carbocycles. The lowest BCUT2D eigenvalue weighted by Crippen LogP contribution is -2.36. The Morgan fingerprint density at radius 3 is 2.38 bits per heavy atom. The van der Waals surface area contributed by atoms with Gasteiger partial charge in [-0.2, -0.15) is 0 Å². The molecule has 0 aliphatic heterocycles. The van der Waals surface area contributed by atoms with Crippen LogP contribution in [0.15, 0.2) is 54.6 Å². The fourth-order valence-corrected chi connectivity index (χ4v) is 3.31. The molecule has 128 valence electrons. The molecule has 0 aromatic heterocycles. The van der Waals surface area contributed by atoms with Crippen LogP contribution in [0.25, 0.3) is 0 Å². The van der Waals surface area contributed by atoms with E-state index < -0.39 is 0 Å². The molecule has 2 N–H and O–H groups in total. The van der Waals surface area contributed by atoms with Crippen LogP contribution in [0, 0.1) is 5.92 Å². The highest BCUT2D eigenvalue weighted by atomic mass is 16.5. The van der Waals surface area contributed by atoms with E-state index in [-0.39, 0.29) is 6.04 Å². The second-order valence-corrected chi connectivity index (χ2v) is 6.83. The van der Waals surface area contributed by atoms with Gasteiger partial charge in [0.1, 0.15) is 12.4 Å². The molecule has 1 atom stereocenters. The first kappa shape index (κ1) is 17.0. The molecule has 2 aromatic rings. The standard InChI is InChI=1S/C21H28N2O/c1-23(15-17-8-5-9-17)21(14-22)19-10-12-20(13-11-19)24-16-18-6-3-2-4-7-18/h2-4,6-7,10-13,17,21H,5,8-9,14-16,22H2,1H3. The van der Waals surface area contributed by atoms with Gasteiger partial charge in [0.2, 0.25) is 0 Å². The van der Waals surface area contributed by atoms with Crippen molar-refractivity contribution < 1.29 is 4.74 Å². The second-order valence-electron chi connectivity index (χ2n) is 6.83. The van der Waals surface area contributed by atoms with E-state index >= 15 is 0 Å². The summed E-state index contributed by atoms with van der Waals surface area (Å²) in [5.41, 5.74) is 8.49. The highest BCUT2D eigenvalue weighted by Gasteiger charge is 2.23. The molecule has 0 heterocycles. The van der Waals surface area contributed by atoms with E-state index in [4.69, 9.17) is 10.5 Å². The molecule has 0 saturated heterocycles. The van der Waals surface area contributed by atoms with Crippen LogP contribution >= 0.6 is 0 Å². The van der Waals surface area contributed by atoms with E-state index in [2.05, 4.69) is 48.3 Å². The van der Waals surface area contributed by atoms with Crippen molar-refractivity contribution in [1.82, 2.24) is 4.90 Å². The van der Waals surface area contributed by atoms with Crippen molar-refractivity contribution in [2.45, 2.75) is 31.9 Å². The summed E-state index contributed by atoms with van der Waals surface area (Å²) >= 11 is 0. The number of likely N-dealkylation sites (N-methyl/N-ethyl adjacent to an activating group) is 1. The van der Waals surface area contributed by atoms with Gasteiger partial charge in [-0.15, -0.1) is 0 Å². The molecule has 0 bridgehead atoms. The first-order chi connectivity index (χ1) is 11.8. The first-order valence-corrected chi connectivity index (χ1v) is 8.93. The summed E-state index contributed by atoms with van der Waals surface area (Å²) < 4.78 is 5.87. The highest BCUT2D eigenvalue weighted by molar-refractivity contribution is 5.30. The van der Waals surface area contributed by atoms with Crippen LogP contribution in [0.2, 0.25) is 0 Å². The largest absolute Gasteiger partial charge is 0.489 e. The Morgan fingerprint density at radius 2 is 1.79 bits per heavy atom. The monoisotopic (exact) mass is 324 g/mol. The molecule has 0 radical (unpaired) electrons. The zero-order valence-electron chi connectivity index (χ0n) is 14.5. The number of hydrogen-bond acceptors (Lipinski definition) is 3. The van der Waals surface area contributed by atoms with Crippen LogP contribution < -0.4 is 10.5 Å². The fourth-order valence-electron chi connectivity index (χ4n) is 3.31. The average molecular weight is 324 g/mol. The van der Waals surface area contributed by atoms with E-state index in [9.17, 15) is 0 Å². The van der Waals surface area contributed by atoms with Crippen molar-refractivity contribution >= 4 is 0 Å². The first-order valence-electron chi connectivity index (χ1n) is 8.93. The molecule has 3 heteroatoms. The summed E-state index contributed by atoms with van der Waals surface area (Å²) in [7, 11) is 2.19. The zero-order chi connectivity index (χ0) is 16.8. The third-order valence-corrected chi connectivity index (χ3v) is 5.04. The van der Waals surface area contributed by atoms with Crippen molar-refractivity contribution in [3.05, 3.63) is 65.7 Å². The fraction of sp³-hybridized carbons (Fsp3) is 0.429. The lowest BCUT2D eigenvalue weighted by Gasteiger charge is -2.34. The molecule has 1 fully saturated rings. The zero-order valence-corrected chi connectivity index (χ0v) is 14.5. The SMILES string of the molecule is CN(CC1CCC1)C(CN)c1ccc(OCc2ccccc2)cc1. The minimum atomic E-state index is 0.286. The molecule has 1 unspecified atom stereocenters. The molecule has 1 aliphatic carbocycles. The van der Waals surface area contributed by atoms with Gasteiger partial charge in [-0.1, -0.05) is 48.9 Å². The Morgan fingerprint density at radius 1 is 1.08 bits per heavy atom. The highest BCUT2D eigenvalue weighted by Crippen LogP contribution is 2.30. The molecule has 0 spiro atoms. The maximum atomic E-state index is 6.04. The summed E-state index contributed by atoms with van der Waals surface area (Å²) in [4.78, 5) is 2.41. The van der Waals surface area contributed by atoms with Gasteiger partial charge in [-0.25, -0.2) is 0 Å². The van der Waals surface area contributed by atoms with Gasteiger partial charge < -0.3 is 10.5 Å². The van der Waals surface area contributed by atoms with Crippen molar-refractivity contribution in [3.8, 4) is 5.75 Å². The Kier molecular flexibility index (Phi) is 5.89. The van der Waals surface area contributed by atoms with Gasteiger partial charge in [0.05, 0.1) is 0 Å². The Bertz CT molecular complexity index is 607. The molecule has 0 amide bonds. The van der Waals surface area contributed by atoms with Crippen LogP contribution in [-0.2, 0) is 6.61 Å². The van der Waals surface area contributed by atoms with E-state index in [1.165, 1.54) is 30.4 Å². The quantitative estimate of drug-likeness (QED) is 0.798. The van der Waals surface area contributed by atoms with Gasteiger partial charge in [0.25, 0.3) is 0 Å². The summed E-state index contributed by atoms with van der Waals surface area (Å²) in [6.07, 6.45) is 4.13. The van der Waals surface area contributed by atoms with Crippen molar-refractivity contribution in [2.75, 3.05) is 20.1 Å². The van der Waals surface area contributed by atoms with Gasteiger partial charge in [0, 0.05) is 19.1 Å². The predicted molar refractivity (Wildman–Crippen MR) is 99.0 cm³/mol. The van der Waals surface area contributed by atoms with E-state index in [0.29, 0.717) is 13.2 Å². The lowest BCUT2D eigenvalue weighted by atomic mass is 9.85. The molecule has 3 nitrogen and oxygen atoms in total. The van der Waals surface area contributed by atoms with Crippen molar-refractivity contribution in [2.24, 2.45) is 11.7 Å². The number of hydrogen-bond donors (Lipinski definition) is 1. The Labute approximate surface area is 145 Å². The van der Waals surface area contributed by atoms with E-state index in [1.807, 2.05) is 18.2 Å². The van der Waals surface area contributed by atoms with Crippen LogP contribution in [0.1, 0.15) is 36.4 Å². The average Bonchev–Trinajstić information content (AvgIpc) is 2.59. The van der Waals surface area contributed by atoms with Gasteiger partial charge in [-0.3, -0.25) is 4.90 Å². The van der Waals surface area contributed by atoms with E-state index in [0.717, 1.165) is 18.2 Å². The third kappa shape index (κ3) is 4.37. The maximum Gasteiger partial charge on any atom is 0.119 e. The number of nitrogens with two attached hydrogens (primary N) is 1. The normalized spacial score (nSPS) is 16.0. The van der Waals surface area contributed by atoms with Crippen molar-refractivity contribution in [1.29, 1.82) is 0 Å². The topological polar surface area (TPSA) is 38.5 Å². The Balaban J connectivity index is 1.57. The summed E-state index contributed by atoms with van der Waals surface area (Å²) in [6.45, 7) is 2.39. The maximum absolute atomic E-state index is 6.04. The molecular weight excluding hydrogens is 296 g/mol. The molecule has 3 rings (SSSR count). The van der Waals surface area contributed by atoms with Crippen LogP contribution in [0.4, 0.5) is 0 Å². The Hall–Kier alpha value is -1.84. The van der Waals surface area contributed by atoms with Crippen LogP contribution in [-0.4, -0.2) is 25.0 Å². The number of benzene rings is 2. The predicted octanol–water partition coefficient (Wildman–Crippen LogP) is 4.00. The third-order valence-electron chi connectivity index (χ3n) is 5.04. The minimum absolute atomic E-state index is 0.286. The summed E-state index contributed by atoms with van der Waals surface area (Å²) in [5.74, 6) is 1.76. The van der Waals surface area contributed by atoms with Gasteiger partial charge in [0.15, 0.2) is 0 Å². The number of rotatable bonds is 8. The smallest absolute Gasteiger partial charge is 0.119 e. The molecule has 24 heavy (non-hydrogen) atoms. The molecule has 1 aliphatic rings. The summed E-state index contributed by atoms with van der Waals surface area (Å²) in [6, 6.07) is 18.9. The van der Waals surface area contributed by atoms with E-state index in [1.54, 1.807) is 0 Å². The van der Waals surface area contributed by atoms with Crippen LogP contribution in [0.5, 0.6) is 5.75 Å². The van der Waals surface area contributed by atoms with Gasteiger partial charge >= 0.3 is 0 Å². The minimum Gasteiger partial charge on any atom is -0.489 e. The van der Waals surface area contributed by atoms with Crippen LogP contribution in [0.3, 0.4) is 0 Å². The second kappa shape index (κ2) is 8.32.